The molecule has 1 aromatic rings. The van der Waals surface area contributed by atoms with Gasteiger partial charge in [-0.15, -0.1) is 11.3 Å². The second-order valence-corrected chi connectivity index (χ2v) is 7.82. The first-order valence-electron chi connectivity index (χ1n) is 9.08. The summed E-state index contributed by atoms with van der Waals surface area (Å²) in [6.45, 7) is 3.25. The highest BCUT2D eigenvalue weighted by molar-refractivity contribution is 7.10. The average molecular weight is 379 g/mol. The molecule has 142 valence electrons. The number of nitrogens with two attached hydrogens (primary N) is 1. The van der Waals surface area contributed by atoms with E-state index >= 15 is 0 Å². The van der Waals surface area contributed by atoms with Crippen LogP contribution in [0.1, 0.15) is 43.0 Å². The van der Waals surface area contributed by atoms with Crippen molar-refractivity contribution < 1.29 is 19.1 Å². The van der Waals surface area contributed by atoms with Crippen molar-refractivity contribution >= 4 is 29.1 Å². The third-order valence-corrected chi connectivity index (χ3v) is 5.96. The molecule has 1 fully saturated rings. The third-order valence-electron chi connectivity index (χ3n) is 4.94. The van der Waals surface area contributed by atoms with Gasteiger partial charge in [0.05, 0.1) is 0 Å². The Kier molecular flexibility index (Phi) is 5.93. The van der Waals surface area contributed by atoms with Gasteiger partial charge in [0.15, 0.2) is 0 Å². The van der Waals surface area contributed by atoms with E-state index in [1.807, 2.05) is 11.8 Å². The Balaban J connectivity index is 1.61. The molecule has 0 aliphatic carbocycles. The molecule has 0 unspecified atom stereocenters. The molecule has 3 N–H and O–H groups in total. The number of nitrogens with one attached hydrogen (secondary N) is 1. The van der Waals surface area contributed by atoms with E-state index in [0.717, 1.165) is 12.8 Å². The highest BCUT2D eigenvalue weighted by Gasteiger charge is 2.36. The lowest BCUT2D eigenvalue weighted by Crippen LogP contribution is -2.51. The average Bonchev–Trinajstić information content (AvgIpc) is 3.29. The smallest absolute Gasteiger partial charge is 0.249 e. The van der Waals surface area contributed by atoms with E-state index in [1.165, 1.54) is 10.4 Å². The van der Waals surface area contributed by atoms with E-state index in [4.69, 9.17) is 10.5 Å². The van der Waals surface area contributed by atoms with Gasteiger partial charge in [0, 0.05) is 18.0 Å². The molecular formula is C18H25N3O4S. The Morgan fingerprint density at radius 3 is 2.85 bits per heavy atom. The molecule has 3 rings (SSSR count). The summed E-state index contributed by atoms with van der Waals surface area (Å²) in [5.41, 5.74) is 6.42. The third kappa shape index (κ3) is 4.07. The molecular weight excluding hydrogens is 354 g/mol. The summed E-state index contributed by atoms with van der Waals surface area (Å²) < 4.78 is 5.41. The molecule has 3 heterocycles. The van der Waals surface area contributed by atoms with E-state index in [-0.39, 0.29) is 11.8 Å². The van der Waals surface area contributed by atoms with Crippen molar-refractivity contribution in [1.82, 2.24) is 10.2 Å². The molecule has 1 aromatic heterocycles. The molecule has 26 heavy (non-hydrogen) atoms. The summed E-state index contributed by atoms with van der Waals surface area (Å²) in [7, 11) is 0. The SMILES string of the molecule is CCC[C@H](NC(=O)[C@@H]1CC[C@H](C(N)=O)O1)C(=O)N1CCc2sccc2C1. The fourth-order valence-corrected chi connectivity index (χ4v) is 4.40. The highest BCUT2D eigenvalue weighted by Crippen LogP contribution is 2.25. The van der Waals surface area contributed by atoms with Crippen molar-refractivity contribution in [2.75, 3.05) is 6.54 Å². The predicted octanol–water partition coefficient (Wildman–Crippen LogP) is 0.951. The largest absolute Gasteiger partial charge is 0.367 e. The Morgan fingerprint density at radius 2 is 2.15 bits per heavy atom. The first-order valence-corrected chi connectivity index (χ1v) is 9.96. The molecule has 2 aliphatic heterocycles. The maximum absolute atomic E-state index is 12.9. The molecule has 3 atom stereocenters. The van der Waals surface area contributed by atoms with Crippen molar-refractivity contribution in [3.8, 4) is 0 Å². The normalized spacial score (nSPS) is 23.3. The van der Waals surface area contributed by atoms with E-state index in [9.17, 15) is 14.4 Å². The summed E-state index contributed by atoms with van der Waals surface area (Å²) in [6, 6.07) is 1.49. The van der Waals surface area contributed by atoms with E-state index in [0.29, 0.717) is 32.4 Å². The fourth-order valence-electron chi connectivity index (χ4n) is 3.51. The van der Waals surface area contributed by atoms with Crippen LogP contribution in [-0.4, -0.2) is 47.4 Å². The summed E-state index contributed by atoms with van der Waals surface area (Å²) >= 11 is 1.73. The van der Waals surface area contributed by atoms with Crippen LogP contribution < -0.4 is 11.1 Å². The van der Waals surface area contributed by atoms with Gasteiger partial charge in [-0.3, -0.25) is 14.4 Å². The molecule has 0 bridgehead atoms. The minimum Gasteiger partial charge on any atom is -0.367 e. The topological polar surface area (TPSA) is 102 Å². The van der Waals surface area contributed by atoms with E-state index < -0.39 is 24.2 Å². The lowest BCUT2D eigenvalue weighted by atomic mass is 10.1. The first-order chi connectivity index (χ1) is 12.5. The van der Waals surface area contributed by atoms with Crippen molar-refractivity contribution in [3.63, 3.8) is 0 Å². The molecule has 3 amide bonds. The van der Waals surface area contributed by atoms with Crippen LogP contribution in [0.2, 0.25) is 0 Å². The quantitative estimate of drug-likeness (QED) is 0.768. The van der Waals surface area contributed by atoms with Gasteiger partial charge in [-0.05, 0) is 42.7 Å². The lowest BCUT2D eigenvalue weighted by Gasteiger charge is -2.31. The number of carbonyl (C=O) groups excluding carboxylic acids is 3. The number of carbonyl (C=O) groups is 3. The Bertz CT molecular complexity index is 690. The van der Waals surface area contributed by atoms with Gasteiger partial charge in [0.2, 0.25) is 17.7 Å². The van der Waals surface area contributed by atoms with Gasteiger partial charge in [-0.25, -0.2) is 0 Å². The van der Waals surface area contributed by atoms with Crippen LogP contribution in [0.25, 0.3) is 0 Å². The van der Waals surface area contributed by atoms with Crippen LogP contribution in [0.4, 0.5) is 0 Å². The van der Waals surface area contributed by atoms with Crippen LogP contribution in [0, 0.1) is 0 Å². The summed E-state index contributed by atoms with van der Waals surface area (Å²) in [6.07, 6.45) is 1.65. The van der Waals surface area contributed by atoms with Gasteiger partial charge in [0.1, 0.15) is 18.2 Å². The molecule has 1 saturated heterocycles. The summed E-state index contributed by atoms with van der Waals surface area (Å²) in [4.78, 5) is 39.8. The molecule has 0 saturated carbocycles. The number of fused-ring (bicyclic) bond motifs is 1. The van der Waals surface area contributed by atoms with Crippen LogP contribution in [0.15, 0.2) is 11.4 Å². The molecule has 0 spiro atoms. The molecule has 8 heteroatoms. The van der Waals surface area contributed by atoms with Gasteiger partial charge in [-0.1, -0.05) is 13.3 Å². The van der Waals surface area contributed by atoms with Gasteiger partial charge in [0.25, 0.3) is 0 Å². The zero-order chi connectivity index (χ0) is 18.7. The van der Waals surface area contributed by atoms with Crippen LogP contribution in [-0.2, 0) is 32.1 Å². The molecule has 0 radical (unpaired) electrons. The standard InChI is InChI=1S/C18H25N3O4S/c1-2-3-12(20-17(23)14-5-4-13(25-14)16(19)22)18(24)21-8-6-15-11(10-21)7-9-26-15/h7,9,12-14H,2-6,8,10H2,1H3,(H2,19,22)(H,20,23)/t12-,13+,14-/m0/s1. The van der Waals surface area contributed by atoms with Crippen molar-refractivity contribution in [3.05, 3.63) is 21.9 Å². The fraction of sp³-hybridized carbons (Fsp3) is 0.611. The molecule has 0 aromatic carbocycles. The number of amides is 3. The van der Waals surface area contributed by atoms with Crippen molar-refractivity contribution in [1.29, 1.82) is 0 Å². The molecule has 7 nitrogen and oxygen atoms in total. The minimum absolute atomic E-state index is 0.0542. The Morgan fingerprint density at radius 1 is 1.38 bits per heavy atom. The van der Waals surface area contributed by atoms with Crippen LogP contribution >= 0.6 is 11.3 Å². The van der Waals surface area contributed by atoms with Gasteiger partial charge >= 0.3 is 0 Å². The maximum Gasteiger partial charge on any atom is 0.249 e. The van der Waals surface area contributed by atoms with Crippen molar-refractivity contribution in [2.45, 2.75) is 63.8 Å². The second-order valence-electron chi connectivity index (χ2n) is 6.82. The minimum atomic E-state index is -0.718. The predicted molar refractivity (Wildman–Crippen MR) is 97.4 cm³/mol. The van der Waals surface area contributed by atoms with E-state index in [2.05, 4.69) is 16.8 Å². The van der Waals surface area contributed by atoms with Gasteiger partial charge < -0.3 is 20.7 Å². The Hall–Kier alpha value is -1.93. The monoisotopic (exact) mass is 379 g/mol. The van der Waals surface area contributed by atoms with Crippen LogP contribution in [0.5, 0.6) is 0 Å². The summed E-state index contributed by atoms with van der Waals surface area (Å²) in [5.74, 6) is -0.948. The lowest BCUT2D eigenvalue weighted by molar-refractivity contribution is -0.142. The number of hydrogen-bond donors (Lipinski definition) is 2. The van der Waals surface area contributed by atoms with Crippen LogP contribution in [0.3, 0.4) is 0 Å². The number of rotatable bonds is 6. The number of hydrogen-bond acceptors (Lipinski definition) is 5. The number of nitrogens with zero attached hydrogens (tertiary/aromatic N) is 1. The van der Waals surface area contributed by atoms with E-state index in [1.54, 1.807) is 11.3 Å². The zero-order valence-electron chi connectivity index (χ0n) is 14.9. The Labute approximate surface area is 156 Å². The zero-order valence-corrected chi connectivity index (χ0v) is 15.7. The first kappa shape index (κ1) is 18.8. The number of thiophene rings is 1. The summed E-state index contributed by atoms with van der Waals surface area (Å²) in [5, 5.41) is 4.88. The highest BCUT2D eigenvalue weighted by atomic mass is 32.1. The maximum atomic E-state index is 12.9. The molecule has 2 aliphatic rings. The number of ether oxygens (including phenoxy) is 1. The number of primary amides is 1. The van der Waals surface area contributed by atoms with Crippen molar-refractivity contribution in [2.24, 2.45) is 5.73 Å². The second kappa shape index (κ2) is 8.18. The van der Waals surface area contributed by atoms with Gasteiger partial charge in [-0.2, -0.15) is 0 Å².